The van der Waals surface area contributed by atoms with Gasteiger partial charge in [0, 0.05) is 17.6 Å². The number of hydrogen-bond donors (Lipinski definition) is 1. The van der Waals surface area contributed by atoms with Gasteiger partial charge in [-0.15, -0.1) is 11.3 Å². The Bertz CT molecular complexity index is 718. The average Bonchev–Trinajstić information content (AvgIpc) is 2.91. The van der Waals surface area contributed by atoms with E-state index in [1.165, 1.54) is 20.3 Å². The largest absolute Gasteiger partial charge is 0.313 e. The summed E-state index contributed by atoms with van der Waals surface area (Å²) in [6.45, 7) is 0. The van der Waals surface area contributed by atoms with E-state index in [4.69, 9.17) is 0 Å². The minimum atomic E-state index is 0.323. The molecule has 1 atom stereocenters. The van der Waals surface area contributed by atoms with Crippen LogP contribution in [0.3, 0.4) is 0 Å². The summed E-state index contributed by atoms with van der Waals surface area (Å²) in [4.78, 5) is 4.43. The normalized spacial score (nSPS) is 12.7. The van der Waals surface area contributed by atoms with Gasteiger partial charge in [-0.25, -0.2) is 0 Å². The topological polar surface area (TPSA) is 24.9 Å². The minimum Gasteiger partial charge on any atom is -0.313 e. The first-order valence-electron chi connectivity index (χ1n) is 6.52. The minimum absolute atomic E-state index is 0.323. The van der Waals surface area contributed by atoms with Crippen LogP contribution in [0.25, 0.3) is 10.9 Å². The highest BCUT2D eigenvalue weighted by atomic mass is 79.9. The Labute approximate surface area is 131 Å². The molecule has 2 aromatic heterocycles. The fourth-order valence-corrected chi connectivity index (χ4v) is 3.68. The first kappa shape index (κ1) is 13.7. The van der Waals surface area contributed by atoms with Crippen molar-refractivity contribution in [3.05, 3.63) is 62.9 Å². The van der Waals surface area contributed by atoms with Gasteiger partial charge in [0.05, 0.1) is 9.30 Å². The van der Waals surface area contributed by atoms with Gasteiger partial charge in [-0.1, -0.05) is 18.2 Å². The van der Waals surface area contributed by atoms with E-state index in [-0.39, 0.29) is 0 Å². The van der Waals surface area contributed by atoms with Crippen LogP contribution in [0.5, 0.6) is 0 Å². The summed E-state index contributed by atoms with van der Waals surface area (Å²) in [6, 6.07) is 12.9. The van der Waals surface area contributed by atoms with Crippen molar-refractivity contribution in [2.45, 2.75) is 12.5 Å². The maximum atomic E-state index is 4.43. The summed E-state index contributed by atoms with van der Waals surface area (Å²) in [6.07, 6.45) is 2.86. The molecule has 2 heterocycles. The number of nitrogens with one attached hydrogen (secondary N) is 1. The number of aromatic nitrogens is 1. The first-order chi connectivity index (χ1) is 9.78. The van der Waals surface area contributed by atoms with E-state index >= 15 is 0 Å². The number of nitrogens with zero attached hydrogens (tertiary/aromatic N) is 1. The quantitative estimate of drug-likeness (QED) is 0.748. The van der Waals surface area contributed by atoms with E-state index in [9.17, 15) is 0 Å². The van der Waals surface area contributed by atoms with Crippen LogP contribution < -0.4 is 5.32 Å². The van der Waals surface area contributed by atoms with Crippen molar-refractivity contribution >= 4 is 38.2 Å². The number of pyridine rings is 1. The van der Waals surface area contributed by atoms with Gasteiger partial charge >= 0.3 is 0 Å². The van der Waals surface area contributed by atoms with Gasteiger partial charge in [0.15, 0.2) is 0 Å². The smallest absolute Gasteiger partial charge is 0.0704 e. The number of likely N-dealkylation sites (N-methyl/N-ethyl adjacent to an activating group) is 1. The predicted molar refractivity (Wildman–Crippen MR) is 89.3 cm³/mol. The molecule has 4 heteroatoms. The summed E-state index contributed by atoms with van der Waals surface area (Å²) in [5.41, 5.74) is 3.72. The van der Waals surface area contributed by atoms with E-state index in [1.54, 1.807) is 11.3 Å². The van der Waals surface area contributed by atoms with Crippen molar-refractivity contribution in [3.8, 4) is 0 Å². The fraction of sp³-hybridized carbons (Fsp3) is 0.188. The second-order valence-electron chi connectivity index (χ2n) is 4.72. The lowest BCUT2D eigenvalue weighted by Crippen LogP contribution is -2.18. The second kappa shape index (κ2) is 6.04. The molecular formula is C16H15BrN2S. The summed E-state index contributed by atoms with van der Waals surface area (Å²) >= 11 is 5.26. The Morgan fingerprint density at radius 1 is 1.30 bits per heavy atom. The Balaban J connectivity index is 1.95. The Morgan fingerprint density at radius 3 is 2.90 bits per heavy atom. The molecule has 0 saturated carbocycles. The third-order valence-corrected chi connectivity index (χ3v) is 5.02. The second-order valence-corrected chi connectivity index (χ2v) is 7.01. The van der Waals surface area contributed by atoms with Crippen molar-refractivity contribution in [2.24, 2.45) is 0 Å². The summed E-state index contributed by atoms with van der Waals surface area (Å²) in [5, 5.41) is 6.85. The molecule has 0 amide bonds. The molecule has 0 aliphatic heterocycles. The monoisotopic (exact) mass is 346 g/mol. The zero-order chi connectivity index (χ0) is 13.9. The molecule has 1 aromatic carbocycles. The number of rotatable bonds is 4. The van der Waals surface area contributed by atoms with E-state index in [0.717, 1.165) is 11.9 Å². The molecule has 3 rings (SSSR count). The molecule has 3 aromatic rings. The molecule has 0 spiro atoms. The molecule has 0 saturated heterocycles. The molecule has 0 radical (unpaired) electrons. The molecule has 102 valence electrons. The third kappa shape index (κ3) is 2.77. The van der Waals surface area contributed by atoms with Crippen LogP contribution in [-0.4, -0.2) is 12.0 Å². The Kier molecular flexibility index (Phi) is 4.15. The highest BCUT2D eigenvalue weighted by molar-refractivity contribution is 9.11. The van der Waals surface area contributed by atoms with Crippen LogP contribution in [0.15, 0.2) is 51.8 Å². The first-order valence-corrected chi connectivity index (χ1v) is 8.19. The highest BCUT2D eigenvalue weighted by Gasteiger charge is 2.13. The zero-order valence-electron chi connectivity index (χ0n) is 11.1. The summed E-state index contributed by atoms with van der Waals surface area (Å²) < 4.78 is 1.17. The lowest BCUT2D eigenvalue weighted by Gasteiger charge is -2.16. The molecule has 2 nitrogen and oxygen atoms in total. The van der Waals surface area contributed by atoms with Gasteiger partial charge in [-0.05, 0) is 64.1 Å². The van der Waals surface area contributed by atoms with E-state index in [1.807, 2.05) is 19.3 Å². The number of hydrogen-bond acceptors (Lipinski definition) is 3. The summed E-state index contributed by atoms with van der Waals surface area (Å²) in [5.74, 6) is 0. The maximum Gasteiger partial charge on any atom is 0.0704 e. The number of para-hydroxylation sites is 1. The predicted octanol–water partition coefficient (Wildman–Crippen LogP) is 4.56. The summed E-state index contributed by atoms with van der Waals surface area (Å²) in [7, 11) is 2.01. The standard InChI is InChI=1S/C16H15BrN2S/c1-18-15(12-9-16(17)20-10-12)8-11-6-7-19-14-5-3-2-4-13(11)14/h2-7,9-10,15,18H,8H2,1H3. The zero-order valence-corrected chi connectivity index (χ0v) is 13.5. The van der Waals surface area contributed by atoms with Crippen LogP contribution in [0.1, 0.15) is 17.2 Å². The maximum absolute atomic E-state index is 4.43. The fourth-order valence-electron chi connectivity index (χ4n) is 2.45. The molecule has 0 aliphatic rings. The van der Waals surface area contributed by atoms with Crippen LogP contribution in [0.2, 0.25) is 0 Å². The number of benzene rings is 1. The SMILES string of the molecule is CNC(Cc1ccnc2ccccc12)c1csc(Br)c1. The molecule has 1 unspecified atom stereocenters. The molecule has 20 heavy (non-hydrogen) atoms. The molecule has 1 N–H and O–H groups in total. The van der Waals surface area contributed by atoms with Crippen molar-refractivity contribution in [2.75, 3.05) is 7.05 Å². The van der Waals surface area contributed by atoms with Crippen LogP contribution in [0, 0.1) is 0 Å². The lowest BCUT2D eigenvalue weighted by atomic mass is 9.98. The Hall–Kier alpha value is -1.23. The van der Waals surface area contributed by atoms with Crippen LogP contribution >= 0.6 is 27.3 Å². The number of halogens is 1. The highest BCUT2D eigenvalue weighted by Crippen LogP contribution is 2.28. The van der Waals surface area contributed by atoms with Crippen molar-refractivity contribution < 1.29 is 0 Å². The van der Waals surface area contributed by atoms with Gasteiger partial charge in [0.1, 0.15) is 0 Å². The van der Waals surface area contributed by atoms with Crippen LogP contribution in [-0.2, 0) is 6.42 Å². The van der Waals surface area contributed by atoms with Gasteiger partial charge in [0.25, 0.3) is 0 Å². The third-order valence-electron chi connectivity index (χ3n) is 3.50. The van der Waals surface area contributed by atoms with Gasteiger partial charge in [-0.3, -0.25) is 4.98 Å². The molecule has 0 bridgehead atoms. The average molecular weight is 347 g/mol. The number of thiophene rings is 1. The van der Waals surface area contributed by atoms with Gasteiger partial charge in [-0.2, -0.15) is 0 Å². The van der Waals surface area contributed by atoms with Gasteiger partial charge in [0.2, 0.25) is 0 Å². The van der Waals surface area contributed by atoms with Crippen LogP contribution in [0.4, 0.5) is 0 Å². The van der Waals surface area contributed by atoms with Crippen molar-refractivity contribution in [3.63, 3.8) is 0 Å². The Morgan fingerprint density at radius 2 is 2.15 bits per heavy atom. The molecule has 0 aliphatic carbocycles. The molecular weight excluding hydrogens is 332 g/mol. The number of fused-ring (bicyclic) bond motifs is 1. The van der Waals surface area contributed by atoms with E-state index in [2.05, 4.69) is 61.9 Å². The van der Waals surface area contributed by atoms with Crippen molar-refractivity contribution in [1.29, 1.82) is 0 Å². The van der Waals surface area contributed by atoms with Crippen molar-refractivity contribution in [1.82, 2.24) is 10.3 Å². The lowest BCUT2D eigenvalue weighted by molar-refractivity contribution is 0.595. The van der Waals surface area contributed by atoms with Gasteiger partial charge < -0.3 is 5.32 Å². The van der Waals surface area contributed by atoms with E-state index in [0.29, 0.717) is 6.04 Å². The van der Waals surface area contributed by atoms with E-state index < -0.39 is 0 Å². The molecule has 0 fully saturated rings.